The second kappa shape index (κ2) is 8.02. The molecule has 0 unspecified atom stereocenters. The predicted octanol–water partition coefficient (Wildman–Crippen LogP) is 4.31. The maximum Gasteiger partial charge on any atom is 0.231 e. The van der Waals surface area contributed by atoms with Crippen LogP contribution in [0.4, 0.5) is 5.69 Å². The summed E-state index contributed by atoms with van der Waals surface area (Å²) < 4.78 is 11.3. The van der Waals surface area contributed by atoms with Crippen molar-refractivity contribution in [2.45, 2.75) is 26.8 Å². The summed E-state index contributed by atoms with van der Waals surface area (Å²) in [5.74, 6) is 1.43. The first-order chi connectivity index (χ1) is 13.6. The molecule has 1 amide bonds. The van der Waals surface area contributed by atoms with Crippen LogP contribution < -0.4 is 14.4 Å². The van der Waals surface area contributed by atoms with E-state index in [1.165, 1.54) is 4.88 Å². The van der Waals surface area contributed by atoms with Gasteiger partial charge in [-0.15, -0.1) is 11.3 Å². The molecule has 3 heterocycles. The van der Waals surface area contributed by atoms with Crippen molar-refractivity contribution < 1.29 is 14.3 Å². The molecular weight excluding hydrogens is 372 g/mol. The number of ether oxygens (including phenoxy) is 2. The van der Waals surface area contributed by atoms with Crippen molar-refractivity contribution in [3.05, 3.63) is 69.7 Å². The maximum atomic E-state index is 13.3. The Bertz CT molecular complexity index is 999. The Kier molecular flexibility index (Phi) is 5.30. The van der Waals surface area contributed by atoms with E-state index in [0.29, 0.717) is 31.9 Å². The number of anilines is 1. The number of rotatable bonds is 5. The minimum absolute atomic E-state index is 0.0267. The summed E-state index contributed by atoms with van der Waals surface area (Å²) in [7, 11) is 0. The number of fused-ring (bicyclic) bond motifs is 1. The van der Waals surface area contributed by atoms with Gasteiger partial charge in [-0.3, -0.25) is 9.78 Å². The highest BCUT2D eigenvalue weighted by atomic mass is 32.1. The highest BCUT2D eigenvalue weighted by molar-refractivity contribution is 7.11. The molecule has 0 saturated carbocycles. The Morgan fingerprint density at radius 3 is 2.68 bits per heavy atom. The van der Waals surface area contributed by atoms with E-state index in [1.54, 1.807) is 23.7 Å². The molecular formula is C22H22N2O3S. The van der Waals surface area contributed by atoms with Gasteiger partial charge in [-0.1, -0.05) is 0 Å². The number of carbonyl (C=O) groups excluding carboxylic acids is 1. The van der Waals surface area contributed by atoms with Gasteiger partial charge in [0, 0.05) is 33.9 Å². The fraction of sp³-hybridized carbons (Fsp3) is 0.273. The van der Waals surface area contributed by atoms with E-state index in [1.807, 2.05) is 36.1 Å². The van der Waals surface area contributed by atoms with Gasteiger partial charge in [0.15, 0.2) is 11.5 Å². The van der Waals surface area contributed by atoms with Crippen LogP contribution >= 0.6 is 11.3 Å². The number of aryl methyl sites for hydroxylation is 2. The van der Waals surface area contributed by atoms with Crippen molar-refractivity contribution in [3.8, 4) is 11.5 Å². The molecule has 28 heavy (non-hydrogen) atoms. The molecule has 0 spiro atoms. The zero-order chi connectivity index (χ0) is 19.5. The van der Waals surface area contributed by atoms with Crippen molar-refractivity contribution in [1.29, 1.82) is 0 Å². The van der Waals surface area contributed by atoms with Gasteiger partial charge >= 0.3 is 0 Å². The largest absolute Gasteiger partial charge is 0.486 e. The second-order valence-electron chi connectivity index (χ2n) is 6.80. The first-order valence-corrected chi connectivity index (χ1v) is 10.1. The number of carbonyl (C=O) groups is 1. The third-order valence-corrected chi connectivity index (χ3v) is 5.72. The smallest absolute Gasteiger partial charge is 0.231 e. The monoisotopic (exact) mass is 394 g/mol. The Morgan fingerprint density at radius 1 is 1.11 bits per heavy atom. The van der Waals surface area contributed by atoms with Crippen molar-refractivity contribution >= 4 is 22.9 Å². The van der Waals surface area contributed by atoms with Gasteiger partial charge < -0.3 is 14.4 Å². The number of nitrogens with zero attached hydrogens (tertiary/aromatic N) is 2. The molecule has 0 radical (unpaired) electrons. The Balaban J connectivity index is 1.65. The normalized spacial score (nSPS) is 12.6. The Hall–Kier alpha value is -2.86. The molecule has 3 aromatic rings. The van der Waals surface area contributed by atoms with Crippen LogP contribution in [-0.2, 0) is 17.8 Å². The number of benzene rings is 1. The highest BCUT2D eigenvalue weighted by Gasteiger charge is 2.21. The molecule has 0 N–H and O–H groups in total. The van der Waals surface area contributed by atoms with Crippen molar-refractivity contribution in [1.82, 2.24) is 4.98 Å². The van der Waals surface area contributed by atoms with E-state index in [0.717, 1.165) is 27.4 Å². The molecule has 5 nitrogen and oxygen atoms in total. The zero-order valence-electron chi connectivity index (χ0n) is 16.0. The molecule has 1 aliphatic heterocycles. The third kappa shape index (κ3) is 4.02. The average Bonchev–Trinajstić information content (AvgIpc) is 3.12. The molecule has 6 heteroatoms. The molecule has 1 aliphatic rings. The Labute approximate surface area is 168 Å². The average molecular weight is 394 g/mol. The number of thiophene rings is 1. The Morgan fingerprint density at radius 2 is 1.93 bits per heavy atom. The zero-order valence-corrected chi connectivity index (χ0v) is 16.8. The number of aromatic nitrogens is 1. The summed E-state index contributed by atoms with van der Waals surface area (Å²) in [5.41, 5.74) is 2.82. The highest BCUT2D eigenvalue weighted by Crippen LogP contribution is 2.35. The predicted molar refractivity (Wildman–Crippen MR) is 110 cm³/mol. The van der Waals surface area contributed by atoms with Crippen molar-refractivity contribution in [3.63, 3.8) is 0 Å². The molecule has 0 bridgehead atoms. The van der Waals surface area contributed by atoms with E-state index in [9.17, 15) is 4.79 Å². The standard InChI is InChI=1S/C22H22N2O3S/c1-15-7-8-23-13-17(15)11-22(25)24(14-19-5-3-16(2)28-19)18-4-6-20-21(12-18)27-10-9-26-20/h3-8,12-13H,9-11,14H2,1-2H3. The molecule has 0 aliphatic carbocycles. The van der Waals surface area contributed by atoms with Crippen LogP contribution in [0.25, 0.3) is 0 Å². The van der Waals surface area contributed by atoms with Gasteiger partial charge in [0.05, 0.1) is 13.0 Å². The van der Waals surface area contributed by atoms with Gasteiger partial charge in [-0.2, -0.15) is 0 Å². The number of amides is 1. The van der Waals surface area contributed by atoms with E-state index in [2.05, 4.69) is 24.0 Å². The van der Waals surface area contributed by atoms with Crippen LogP contribution in [-0.4, -0.2) is 24.1 Å². The number of pyridine rings is 1. The van der Waals surface area contributed by atoms with Crippen LogP contribution in [0.2, 0.25) is 0 Å². The van der Waals surface area contributed by atoms with E-state index in [-0.39, 0.29) is 5.91 Å². The van der Waals surface area contributed by atoms with Crippen molar-refractivity contribution in [2.24, 2.45) is 0 Å². The van der Waals surface area contributed by atoms with E-state index in [4.69, 9.17) is 9.47 Å². The molecule has 0 fully saturated rings. The first kappa shape index (κ1) is 18.5. The van der Waals surface area contributed by atoms with Gasteiger partial charge in [0.2, 0.25) is 5.91 Å². The summed E-state index contributed by atoms with van der Waals surface area (Å²) in [6.07, 6.45) is 3.82. The maximum absolute atomic E-state index is 13.3. The molecule has 0 saturated heterocycles. The minimum atomic E-state index is 0.0267. The van der Waals surface area contributed by atoms with Crippen LogP contribution in [0.5, 0.6) is 11.5 Å². The SMILES string of the molecule is Cc1ccc(CN(C(=O)Cc2cnccc2C)c2ccc3c(c2)OCCO3)s1. The summed E-state index contributed by atoms with van der Waals surface area (Å²) >= 11 is 1.70. The number of hydrogen-bond donors (Lipinski definition) is 0. The first-order valence-electron chi connectivity index (χ1n) is 9.25. The quantitative estimate of drug-likeness (QED) is 0.647. The van der Waals surface area contributed by atoms with Gasteiger partial charge in [-0.25, -0.2) is 0 Å². The lowest BCUT2D eigenvalue weighted by Gasteiger charge is -2.25. The van der Waals surface area contributed by atoms with Crippen molar-refractivity contribution in [2.75, 3.05) is 18.1 Å². The molecule has 1 aromatic carbocycles. The third-order valence-electron chi connectivity index (χ3n) is 4.74. The lowest BCUT2D eigenvalue weighted by molar-refractivity contribution is -0.118. The van der Waals surface area contributed by atoms with Crippen LogP contribution in [0.1, 0.15) is 20.9 Å². The summed E-state index contributed by atoms with van der Waals surface area (Å²) in [6, 6.07) is 11.8. The second-order valence-corrected chi connectivity index (χ2v) is 8.17. The summed E-state index contributed by atoms with van der Waals surface area (Å²) in [6.45, 7) is 5.66. The summed E-state index contributed by atoms with van der Waals surface area (Å²) in [5, 5.41) is 0. The van der Waals surface area contributed by atoms with Crippen LogP contribution in [0.3, 0.4) is 0 Å². The number of hydrogen-bond acceptors (Lipinski definition) is 5. The van der Waals surface area contributed by atoms with Crippen LogP contribution in [0, 0.1) is 13.8 Å². The van der Waals surface area contributed by atoms with Gasteiger partial charge in [0.25, 0.3) is 0 Å². The fourth-order valence-corrected chi connectivity index (χ4v) is 4.07. The van der Waals surface area contributed by atoms with Gasteiger partial charge in [0.1, 0.15) is 13.2 Å². The lowest BCUT2D eigenvalue weighted by Crippen LogP contribution is -2.32. The molecule has 144 valence electrons. The molecule has 2 aromatic heterocycles. The molecule has 0 atom stereocenters. The van der Waals surface area contributed by atoms with Gasteiger partial charge in [-0.05, 0) is 55.3 Å². The van der Waals surface area contributed by atoms with E-state index >= 15 is 0 Å². The summed E-state index contributed by atoms with van der Waals surface area (Å²) in [4.78, 5) is 21.6. The topological polar surface area (TPSA) is 51.7 Å². The van der Waals surface area contributed by atoms with Crippen LogP contribution in [0.15, 0.2) is 48.8 Å². The molecule has 4 rings (SSSR count). The fourth-order valence-electron chi connectivity index (χ4n) is 3.19. The lowest BCUT2D eigenvalue weighted by atomic mass is 10.1. The van der Waals surface area contributed by atoms with E-state index < -0.39 is 0 Å². The minimum Gasteiger partial charge on any atom is -0.486 e.